The van der Waals surface area contributed by atoms with Gasteiger partial charge in [-0.05, 0) is 15.9 Å². The number of anilines is 1. The predicted molar refractivity (Wildman–Crippen MR) is 68.2 cm³/mol. The first-order valence-corrected chi connectivity index (χ1v) is 5.88. The largest absolute Gasteiger partial charge is 0.383 e. The van der Waals surface area contributed by atoms with Gasteiger partial charge in [0, 0.05) is 5.41 Å². The molecule has 0 aromatic carbocycles. The van der Waals surface area contributed by atoms with E-state index in [4.69, 9.17) is 5.73 Å². The lowest BCUT2D eigenvalue weighted by Gasteiger charge is -2.20. The number of H-pyrrole nitrogens is 1. The Hall–Kier alpha value is -1.50. The Labute approximate surface area is 107 Å². The van der Waals surface area contributed by atoms with Crippen molar-refractivity contribution in [2.75, 3.05) is 5.73 Å². The van der Waals surface area contributed by atoms with Gasteiger partial charge < -0.3 is 5.73 Å². The Kier molecular flexibility index (Phi) is 2.86. The molecule has 0 aliphatic heterocycles. The standard InChI is InChI=1S/C10H13BrN6/c1-10(2,3)6-5(11)7(12)16-9(15-6)8-13-4-14-17-8/h4H,1-3H3,(H2,12,15,16)(H,13,14,17). The van der Waals surface area contributed by atoms with Gasteiger partial charge in [-0.25, -0.2) is 15.0 Å². The molecule has 0 radical (unpaired) electrons. The van der Waals surface area contributed by atoms with Crippen LogP contribution in [-0.4, -0.2) is 25.1 Å². The highest BCUT2D eigenvalue weighted by atomic mass is 79.9. The third kappa shape index (κ3) is 2.28. The van der Waals surface area contributed by atoms with Gasteiger partial charge in [0.05, 0.1) is 10.2 Å². The second-order valence-electron chi connectivity index (χ2n) is 4.68. The zero-order valence-corrected chi connectivity index (χ0v) is 11.4. The number of nitrogens with zero attached hydrogens (tertiary/aromatic N) is 4. The second kappa shape index (κ2) is 4.06. The lowest BCUT2D eigenvalue weighted by molar-refractivity contribution is 0.564. The van der Waals surface area contributed by atoms with Crippen LogP contribution in [0.4, 0.5) is 5.82 Å². The monoisotopic (exact) mass is 296 g/mol. The first kappa shape index (κ1) is 12.0. The molecule has 0 aliphatic rings. The van der Waals surface area contributed by atoms with E-state index >= 15 is 0 Å². The molecule has 7 heteroatoms. The van der Waals surface area contributed by atoms with Gasteiger partial charge in [0.2, 0.25) is 0 Å². The average molecular weight is 297 g/mol. The van der Waals surface area contributed by atoms with Crippen molar-refractivity contribution in [1.29, 1.82) is 0 Å². The molecular formula is C10H13BrN6. The van der Waals surface area contributed by atoms with E-state index in [1.807, 2.05) is 0 Å². The predicted octanol–water partition coefficient (Wildman–Crippen LogP) is 1.90. The Bertz CT molecular complexity index is 528. The molecule has 2 aromatic rings. The average Bonchev–Trinajstić information content (AvgIpc) is 2.73. The number of rotatable bonds is 1. The van der Waals surface area contributed by atoms with E-state index in [0.717, 1.165) is 10.2 Å². The van der Waals surface area contributed by atoms with E-state index in [0.29, 0.717) is 17.5 Å². The number of halogens is 1. The van der Waals surface area contributed by atoms with E-state index in [2.05, 4.69) is 61.9 Å². The van der Waals surface area contributed by atoms with Crippen molar-refractivity contribution < 1.29 is 0 Å². The van der Waals surface area contributed by atoms with Crippen LogP contribution in [0.5, 0.6) is 0 Å². The van der Waals surface area contributed by atoms with Crippen LogP contribution in [0, 0.1) is 0 Å². The molecule has 90 valence electrons. The Morgan fingerprint density at radius 3 is 2.53 bits per heavy atom. The summed E-state index contributed by atoms with van der Waals surface area (Å²) in [6.45, 7) is 6.18. The molecule has 2 aromatic heterocycles. The number of nitrogens with one attached hydrogen (secondary N) is 1. The highest BCUT2D eigenvalue weighted by Crippen LogP contribution is 2.32. The van der Waals surface area contributed by atoms with Crippen LogP contribution in [0.25, 0.3) is 11.6 Å². The highest BCUT2D eigenvalue weighted by Gasteiger charge is 2.23. The van der Waals surface area contributed by atoms with Crippen molar-refractivity contribution in [3.63, 3.8) is 0 Å². The quantitative estimate of drug-likeness (QED) is 0.838. The molecule has 2 heterocycles. The fourth-order valence-electron chi connectivity index (χ4n) is 1.38. The number of nitrogen functional groups attached to an aromatic ring is 1. The summed E-state index contributed by atoms with van der Waals surface area (Å²) < 4.78 is 0.730. The van der Waals surface area contributed by atoms with Crippen molar-refractivity contribution in [3.05, 3.63) is 16.5 Å². The van der Waals surface area contributed by atoms with Crippen LogP contribution in [0.1, 0.15) is 26.5 Å². The Balaban J connectivity index is 2.62. The maximum atomic E-state index is 5.86. The third-order valence-electron chi connectivity index (χ3n) is 2.21. The normalized spacial score (nSPS) is 11.8. The summed E-state index contributed by atoms with van der Waals surface area (Å²) in [5.41, 5.74) is 6.57. The highest BCUT2D eigenvalue weighted by molar-refractivity contribution is 9.10. The lowest BCUT2D eigenvalue weighted by atomic mass is 9.92. The number of aromatic nitrogens is 5. The molecule has 0 saturated carbocycles. The fourth-order valence-corrected chi connectivity index (χ4v) is 2.15. The first-order chi connectivity index (χ1) is 7.89. The molecule has 0 amide bonds. The van der Waals surface area contributed by atoms with Gasteiger partial charge in [0.15, 0.2) is 11.6 Å². The molecular weight excluding hydrogens is 284 g/mol. The molecule has 0 unspecified atom stereocenters. The van der Waals surface area contributed by atoms with E-state index in [1.165, 1.54) is 6.33 Å². The van der Waals surface area contributed by atoms with Crippen LogP contribution in [0.2, 0.25) is 0 Å². The third-order valence-corrected chi connectivity index (χ3v) is 3.00. The van der Waals surface area contributed by atoms with Crippen molar-refractivity contribution in [2.24, 2.45) is 0 Å². The molecule has 0 fully saturated rings. The first-order valence-electron chi connectivity index (χ1n) is 5.09. The zero-order chi connectivity index (χ0) is 12.6. The Morgan fingerprint density at radius 1 is 1.29 bits per heavy atom. The fraction of sp³-hybridized carbons (Fsp3) is 0.400. The summed E-state index contributed by atoms with van der Waals surface area (Å²) in [5, 5.41) is 6.50. The smallest absolute Gasteiger partial charge is 0.199 e. The Morgan fingerprint density at radius 2 is 2.00 bits per heavy atom. The summed E-state index contributed by atoms with van der Waals surface area (Å²) in [6, 6.07) is 0. The summed E-state index contributed by atoms with van der Waals surface area (Å²) in [6.07, 6.45) is 1.41. The van der Waals surface area contributed by atoms with Crippen LogP contribution in [0.15, 0.2) is 10.8 Å². The second-order valence-corrected chi connectivity index (χ2v) is 5.47. The number of aromatic amines is 1. The summed E-state index contributed by atoms with van der Waals surface area (Å²) in [7, 11) is 0. The van der Waals surface area contributed by atoms with Crippen LogP contribution in [-0.2, 0) is 5.41 Å². The van der Waals surface area contributed by atoms with Crippen molar-refractivity contribution >= 4 is 21.7 Å². The van der Waals surface area contributed by atoms with Crippen LogP contribution in [0.3, 0.4) is 0 Å². The van der Waals surface area contributed by atoms with Crippen molar-refractivity contribution in [1.82, 2.24) is 25.1 Å². The molecule has 0 saturated heterocycles. The van der Waals surface area contributed by atoms with Gasteiger partial charge in [-0.3, -0.25) is 5.10 Å². The molecule has 0 spiro atoms. The minimum absolute atomic E-state index is 0.134. The van der Waals surface area contributed by atoms with E-state index in [-0.39, 0.29) is 5.41 Å². The molecule has 3 N–H and O–H groups in total. The minimum Gasteiger partial charge on any atom is -0.383 e. The maximum Gasteiger partial charge on any atom is 0.199 e. The minimum atomic E-state index is -0.134. The molecule has 17 heavy (non-hydrogen) atoms. The summed E-state index contributed by atoms with van der Waals surface area (Å²) in [4.78, 5) is 12.7. The van der Waals surface area contributed by atoms with Gasteiger partial charge in [-0.1, -0.05) is 20.8 Å². The molecule has 0 aliphatic carbocycles. The van der Waals surface area contributed by atoms with Gasteiger partial charge in [-0.2, -0.15) is 5.10 Å². The van der Waals surface area contributed by atoms with Crippen LogP contribution < -0.4 is 5.73 Å². The van der Waals surface area contributed by atoms with Gasteiger partial charge in [-0.15, -0.1) is 0 Å². The van der Waals surface area contributed by atoms with Gasteiger partial charge in [0.25, 0.3) is 0 Å². The topological polar surface area (TPSA) is 93.4 Å². The van der Waals surface area contributed by atoms with E-state index < -0.39 is 0 Å². The van der Waals surface area contributed by atoms with Crippen LogP contribution >= 0.6 is 15.9 Å². The number of nitrogens with two attached hydrogens (primary N) is 1. The SMILES string of the molecule is CC(C)(C)c1nc(-c2ncn[nH]2)nc(N)c1Br. The lowest BCUT2D eigenvalue weighted by Crippen LogP contribution is -2.17. The van der Waals surface area contributed by atoms with E-state index in [1.54, 1.807) is 0 Å². The summed E-state index contributed by atoms with van der Waals surface area (Å²) >= 11 is 3.42. The zero-order valence-electron chi connectivity index (χ0n) is 9.82. The molecule has 2 rings (SSSR count). The van der Waals surface area contributed by atoms with Crippen molar-refractivity contribution in [2.45, 2.75) is 26.2 Å². The molecule has 0 bridgehead atoms. The maximum absolute atomic E-state index is 5.86. The van der Waals surface area contributed by atoms with Gasteiger partial charge in [0.1, 0.15) is 12.1 Å². The number of hydrogen-bond donors (Lipinski definition) is 2. The van der Waals surface area contributed by atoms with Crippen molar-refractivity contribution in [3.8, 4) is 11.6 Å². The van der Waals surface area contributed by atoms with Gasteiger partial charge >= 0.3 is 0 Å². The molecule has 6 nitrogen and oxygen atoms in total. The number of hydrogen-bond acceptors (Lipinski definition) is 5. The summed E-state index contributed by atoms with van der Waals surface area (Å²) in [5.74, 6) is 1.36. The molecule has 0 atom stereocenters. The van der Waals surface area contributed by atoms with E-state index in [9.17, 15) is 0 Å².